The third kappa shape index (κ3) is 5.74. The van der Waals surface area contributed by atoms with Crippen LogP contribution in [0.5, 0.6) is 0 Å². The van der Waals surface area contributed by atoms with Crippen LogP contribution in [0.1, 0.15) is 37.6 Å². The van der Waals surface area contributed by atoms with E-state index in [4.69, 9.17) is 4.74 Å². The van der Waals surface area contributed by atoms with Gasteiger partial charge in [-0.1, -0.05) is 18.2 Å². The van der Waals surface area contributed by atoms with Crippen molar-refractivity contribution in [2.75, 3.05) is 31.1 Å². The summed E-state index contributed by atoms with van der Waals surface area (Å²) in [7, 11) is 1.94. The quantitative estimate of drug-likeness (QED) is 0.498. The highest BCUT2D eigenvalue weighted by molar-refractivity contribution is 5.75. The molecule has 0 N–H and O–H groups in total. The van der Waals surface area contributed by atoms with Crippen LogP contribution in [-0.2, 0) is 11.8 Å². The minimum atomic E-state index is -0.535. The van der Waals surface area contributed by atoms with Crippen LogP contribution in [0.4, 0.5) is 15.0 Å². The summed E-state index contributed by atoms with van der Waals surface area (Å²) in [4.78, 5) is 20.7. The first kappa shape index (κ1) is 25.0. The van der Waals surface area contributed by atoms with E-state index < -0.39 is 5.60 Å². The van der Waals surface area contributed by atoms with Crippen molar-refractivity contribution in [2.24, 2.45) is 7.05 Å². The standard InChI is InChI=1S/C28H30FN5O2/c1-28(2,3)36-27(35)34-15-13-33(14-16-34)26-22(19-30)18-25(32(26)4)21-11-12-31-24(17-21)10-7-20-5-8-23(29)9-6-20/h5-12,17-18H,13-16H2,1-4H3/b10-7+. The van der Waals surface area contributed by atoms with Crippen molar-refractivity contribution >= 4 is 24.1 Å². The van der Waals surface area contributed by atoms with Gasteiger partial charge < -0.3 is 19.1 Å². The van der Waals surface area contributed by atoms with E-state index in [1.807, 2.05) is 62.7 Å². The van der Waals surface area contributed by atoms with Crippen molar-refractivity contribution in [3.05, 3.63) is 71.3 Å². The van der Waals surface area contributed by atoms with Gasteiger partial charge in [0, 0.05) is 45.0 Å². The lowest BCUT2D eigenvalue weighted by Crippen LogP contribution is -2.50. The number of carbonyl (C=O) groups excluding carboxylic acids is 1. The van der Waals surface area contributed by atoms with Gasteiger partial charge in [-0.2, -0.15) is 5.26 Å². The van der Waals surface area contributed by atoms with Crippen LogP contribution in [0.3, 0.4) is 0 Å². The van der Waals surface area contributed by atoms with Gasteiger partial charge in [-0.3, -0.25) is 4.98 Å². The zero-order chi connectivity index (χ0) is 25.9. The van der Waals surface area contributed by atoms with E-state index in [2.05, 4.69) is 16.0 Å². The molecule has 0 bridgehead atoms. The number of rotatable bonds is 4. The molecule has 0 aliphatic carbocycles. The first-order chi connectivity index (χ1) is 17.1. The zero-order valence-corrected chi connectivity index (χ0v) is 21.0. The SMILES string of the molecule is Cn1c(-c2ccnc(/C=C/c3ccc(F)cc3)c2)cc(C#N)c1N1CCN(C(=O)OC(C)(C)C)CC1. The van der Waals surface area contributed by atoms with Crippen LogP contribution in [0.15, 0.2) is 48.7 Å². The average molecular weight is 488 g/mol. The molecule has 1 fully saturated rings. The first-order valence-electron chi connectivity index (χ1n) is 11.9. The highest BCUT2D eigenvalue weighted by Gasteiger charge is 2.28. The Labute approximate surface area is 211 Å². The van der Waals surface area contributed by atoms with E-state index in [0.717, 1.165) is 28.3 Å². The maximum atomic E-state index is 13.2. The Balaban J connectivity index is 1.53. The minimum Gasteiger partial charge on any atom is -0.444 e. The second-order valence-corrected chi connectivity index (χ2v) is 9.75. The van der Waals surface area contributed by atoms with E-state index in [-0.39, 0.29) is 11.9 Å². The number of ether oxygens (including phenoxy) is 1. The largest absolute Gasteiger partial charge is 0.444 e. The van der Waals surface area contributed by atoms with Crippen LogP contribution >= 0.6 is 0 Å². The molecule has 1 aliphatic rings. The molecule has 0 saturated carbocycles. The van der Waals surface area contributed by atoms with Gasteiger partial charge in [0.1, 0.15) is 23.3 Å². The Morgan fingerprint density at radius 1 is 1.08 bits per heavy atom. The Morgan fingerprint density at radius 3 is 2.42 bits per heavy atom. The molecule has 1 aromatic carbocycles. The molecule has 0 radical (unpaired) electrons. The summed E-state index contributed by atoms with van der Waals surface area (Å²) in [5.74, 6) is 0.558. The van der Waals surface area contributed by atoms with Gasteiger partial charge in [-0.15, -0.1) is 0 Å². The lowest BCUT2D eigenvalue weighted by Gasteiger charge is -2.37. The van der Waals surface area contributed by atoms with E-state index in [0.29, 0.717) is 31.7 Å². The summed E-state index contributed by atoms with van der Waals surface area (Å²) in [6, 6.07) is 14.3. The Kier molecular flexibility index (Phi) is 7.11. The van der Waals surface area contributed by atoms with Crippen molar-refractivity contribution in [1.29, 1.82) is 5.26 Å². The smallest absolute Gasteiger partial charge is 0.410 e. The summed E-state index contributed by atoms with van der Waals surface area (Å²) in [5, 5.41) is 9.86. The molecule has 4 rings (SSSR count). The molecule has 0 spiro atoms. The Morgan fingerprint density at radius 2 is 1.78 bits per heavy atom. The maximum Gasteiger partial charge on any atom is 0.410 e. The molecule has 7 nitrogen and oxygen atoms in total. The molecule has 36 heavy (non-hydrogen) atoms. The van der Waals surface area contributed by atoms with Crippen LogP contribution in [0.25, 0.3) is 23.4 Å². The van der Waals surface area contributed by atoms with Gasteiger partial charge in [0.05, 0.1) is 17.0 Å². The number of nitrogens with zero attached hydrogens (tertiary/aromatic N) is 5. The molecule has 3 aromatic rings. The van der Waals surface area contributed by atoms with Gasteiger partial charge in [0.15, 0.2) is 0 Å². The van der Waals surface area contributed by atoms with E-state index in [1.165, 1.54) is 12.1 Å². The lowest BCUT2D eigenvalue weighted by atomic mass is 10.1. The van der Waals surface area contributed by atoms with E-state index in [9.17, 15) is 14.4 Å². The first-order valence-corrected chi connectivity index (χ1v) is 11.9. The number of halogens is 1. The molecule has 1 saturated heterocycles. The van der Waals surface area contributed by atoms with Crippen molar-refractivity contribution in [3.63, 3.8) is 0 Å². The van der Waals surface area contributed by atoms with Gasteiger partial charge in [0.2, 0.25) is 0 Å². The number of hydrogen-bond donors (Lipinski definition) is 0. The highest BCUT2D eigenvalue weighted by atomic mass is 19.1. The number of aromatic nitrogens is 2. The zero-order valence-electron chi connectivity index (χ0n) is 21.0. The molecule has 0 unspecified atom stereocenters. The number of pyridine rings is 1. The van der Waals surface area contributed by atoms with Crippen LogP contribution in [0.2, 0.25) is 0 Å². The second kappa shape index (κ2) is 10.2. The third-order valence-electron chi connectivity index (χ3n) is 5.95. The molecular weight excluding hydrogens is 457 g/mol. The van der Waals surface area contributed by atoms with Crippen molar-refractivity contribution in [1.82, 2.24) is 14.5 Å². The van der Waals surface area contributed by atoms with Crippen molar-refractivity contribution in [2.45, 2.75) is 26.4 Å². The lowest BCUT2D eigenvalue weighted by molar-refractivity contribution is 0.0240. The average Bonchev–Trinajstić information content (AvgIpc) is 3.19. The molecule has 1 aliphatic heterocycles. The summed E-state index contributed by atoms with van der Waals surface area (Å²) in [5.41, 5.74) is 3.51. The fourth-order valence-corrected chi connectivity index (χ4v) is 4.22. The topological polar surface area (TPSA) is 74.4 Å². The molecule has 0 atom stereocenters. The summed E-state index contributed by atoms with van der Waals surface area (Å²) in [6.45, 7) is 7.82. The van der Waals surface area contributed by atoms with E-state index >= 15 is 0 Å². The number of nitriles is 1. The van der Waals surface area contributed by atoms with Crippen LogP contribution < -0.4 is 4.90 Å². The molecule has 1 amide bonds. The van der Waals surface area contributed by atoms with Gasteiger partial charge in [0.25, 0.3) is 0 Å². The number of carbonyl (C=O) groups is 1. The van der Waals surface area contributed by atoms with Crippen molar-refractivity contribution in [3.8, 4) is 17.3 Å². The Hall–Kier alpha value is -4.12. The Bertz CT molecular complexity index is 1310. The fourth-order valence-electron chi connectivity index (χ4n) is 4.22. The second-order valence-electron chi connectivity index (χ2n) is 9.75. The van der Waals surface area contributed by atoms with Crippen molar-refractivity contribution < 1.29 is 13.9 Å². The van der Waals surface area contributed by atoms with Crippen LogP contribution in [-0.4, -0.2) is 52.3 Å². The van der Waals surface area contributed by atoms with Gasteiger partial charge in [-0.25, -0.2) is 9.18 Å². The molecule has 2 aromatic heterocycles. The molecular formula is C28H30FN5O2. The minimum absolute atomic E-state index is 0.272. The fraction of sp³-hybridized carbons (Fsp3) is 0.321. The summed E-state index contributed by atoms with van der Waals surface area (Å²) in [6.07, 6.45) is 5.18. The molecule has 3 heterocycles. The number of benzene rings is 1. The van der Waals surface area contributed by atoms with E-state index in [1.54, 1.807) is 23.2 Å². The molecule has 186 valence electrons. The predicted octanol–water partition coefficient (Wildman–Crippen LogP) is 5.33. The normalized spacial score (nSPS) is 14.2. The monoisotopic (exact) mass is 487 g/mol. The van der Waals surface area contributed by atoms with Crippen LogP contribution in [0, 0.1) is 17.1 Å². The predicted molar refractivity (Wildman–Crippen MR) is 139 cm³/mol. The highest BCUT2D eigenvalue weighted by Crippen LogP contribution is 2.32. The molecule has 8 heteroatoms. The summed E-state index contributed by atoms with van der Waals surface area (Å²) >= 11 is 0. The number of amides is 1. The summed E-state index contributed by atoms with van der Waals surface area (Å²) < 4.78 is 20.7. The van der Waals surface area contributed by atoms with Gasteiger partial charge >= 0.3 is 6.09 Å². The maximum absolute atomic E-state index is 13.2. The third-order valence-corrected chi connectivity index (χ3v) is 5.95. The number of hydrogen-bond acceptors (Lipinski definition) is 5. The number of piperazine rings is 1. The number of anilines is 1. The van der Waals surface area contributed by atoms with Gasteiger partial charge in [-0.05, 0) is 62.7 Å².